The van der Waals surface area contributed by atoms with Crippen LogP contribution in [0, 0.1) is 17.8 Å². The lowest BCUT2D eigenvalue weighted by atomic mass is 9.81. The van der Waals surface area contributed by atoms with E-state index in [9.17, 15) is 5.11 Å². The lowest BCUT2D eigenvalue weighted by Crippen LogP contribution is -2.17. The second-order valence-electron chi connectivity index (χ2n) is 4.52. The normalized spacial score (nSPS) is 25.3. The zero-order valence-electron chi connectivity index (χ0n) is 10.0. The minimum absolute atomic E-state index is 0.422. The van der Waals surface area contributed by atoms with Crippen LogP contribution in [-0.4, -0.2) is 16.2 Å². The highest BCUT2D eigenvalue weighted by Crippen LogP contribution is 2.31. The van der Waals surface area contributed by atoms with Crippen molar-refractivity contribution in [3.05, 3.63) is 11.8 Å². The lowest BCUT2D eigenvalue weighted by molar-refractivity contribution is -0.134. The highest BCUT2D eigenvalue weighted by atomic mass is 16.4. The third-order valence-electron chi connectivity index (χ3n) is 2.57. The standard InChI is InChI=1S/C10H18O.C2H4O2/c1-7(2)9-5-4-8(3)6-10(9)11;1-2(3)4/h6-9,11H,4-5H2,1-3H3;1H3,(H,3,4). The van der Waals surface area contributed by atoms with Gasteiger partial charge in [-0.15, -0.1) is 0 Å². The summed E-state index contributed by atoms with van der Waals surface area (Å²) in [4.78, 5) is 9.00. The first kappa shape index (κ1) is 14.0. The number of allylic oxidation sites excluding steroid dienone is 2. The van der Waals surface area contributed by atoms with E-state index in [0.29, 0.717) is 23.5 Å². The van der Waals surface area contributed by atoms with Crippen molar-refractivity contribution in [3.8, 4) is 0 Å². The Balaban J connectivity index is 0.000000423. The largest absolute Gasteiger partial charge is 0.512 e. The van der Waals surface area contributed by atoms with Crippen molar-refractivity contribution in [1.29, 1.82) is 0 Å². The number of aliphatic hydroxyl groups is 1. The Bertz CT molecular complexity index is 227. The third kappa shape index (κ3) is 6.15. The summed E-state index contributed by atoms with van der Waals surface area (Å²) in [5, 5.41) is 17.0. The molecule has 2 atom stereocenters. The molecule has 2 N–H and O–H groups in total. The maximum atomic E-state index is 9.57. The molecule has 1 aliphatic carbocycles. The van der Waals surface area contributed by atoms with Gasteiger partial charge in [0.2, 0.25) is 0 Å². The van der Waals surface area contributed by atoms with E-state index < -0.39 is 5.97 Å². The molecule has 0 aromatic carbocycles. The summed E-state index contributed by atoms with van der Waals surface area (Å²) in [5.41, 5.74) is 0. The molecule has 15 heavy (non-hydrogen) atoms. The van der Waals surface area contributed by atoms with E-state index in [2.05, 4.69) is 20.8 Å². The minimum atomic E-state index is -0.833. The number of carboxylic acids is 1. The molecule has 0 aromatic heterocycles. The van der Waals surface area contributed by atoms with Crippen molar-refractivity contribution in [2.75, 3.05) is 0 Å². The Morgan fingerprint density at radius 1 is 1.47 bits per heavy atom. The van der Waals surface area contributed by atoms with Crippen molar-refractivity contribution >= 4 is 5.97 Å². The van der Waals surface area contributed by atoms with Gasteiger partial charge in [-0.05, 0) is 30.8 Å². The van der Waals surface area contributed by atoms with E-state index in [0.717, 1.165) is 13.3 Å². The van der Waals surface area contributed by atoms with Crippen LogP contribution in [0.25, 0.3) is 0 Å². The van der Waals surface area contributed by atoms with E-state index in [1.165, 1.54) is 6.42 Å². The van der Waals surface area contributed by atoms with Crippen LogP contribution in [0.15, 0.2) is 11.8 Å². The second-order valence-corrected chi connectivity index (χ2v) is 4.52. The molecular formula is C12H22O3. The highest BCUT2D eigenvalue weighted by Gasteiger charge is 2.22. The average molecular weight is 214 g/mol. The molecule has 0 radical (unpaired) electrons. The van der Waals surface area contributed by atoms with Gasteiger partial charge in [0.25, 0.3) is 5.97 Å². The van der Waals surface area contributed by atoms with Crippen molar-refractivity contribution in [2.24, 2.45) is 17.8 Å². The first-order valence-electron chi connectivity index (χ1n) is 5.44. The SMILES string of the molecule is CC(=O)O.CC1C=C(O)C(C(C)C)CC1. The Morgan fingerprint density at radius 3 is 2.27 bits per heavy atom. The fraction of sp³-hybridized carbons (Fsp3) is 0.750. The van der Waals surface area contributed by atoms with Gasteiger partial charge in [0.15, 0.2) is 0 Å². The molecule has 0 aliphatic heterocycles. The van der Waals surface area contributed by atoms with E-state index >= 15 is 0 Å². The van der Waals surface area contributed by atoms with Gasteiger partial charge in [-0.25, -0.2) is 0 Å². The van der Waals surface area contributed by atoms with Gasteiger partial charge in [-0.2, -0.15) is 0 Å². The molecule has 0 saturated carbocycles. The lowest BCUT2D eigenvalue weighted by Gasteiger charge is -2.26. The van der Waals surface area contributed by atoms with Crippen molar-refractivity contribution in [2.45, 2.75) is 40.5 Å². The molecule has 88 valence electrons. The molecule has 2 unspecified atom stereocenters. The van der Waals surface area contributed by atoms with Gasteiger partial charge in [-0.3, -0.25) is 4.79 Å². The van der Waals surface area contributed by atoms with Crippen molar-refractivity contribution in [3.63, 3.8) is 0 Å². The average Bonchev–Trinajstić information content (AvgIpc) is 2.01. The van der Waals surface area contributed by atoms with Crippen LogP contribution in [0.4, 0.5) is 0 Å². The first-order valence-corrected chi connectivity index (χ1v) is 5.44. The van der Waals surface area contributed by atoms with Crippen LogP contribution in [-0.2, 0) is 4.79 Å². The molecule has 0 amide bonds. The first-order chi connectivity index (χ1) is 6.84. The molecule has 3 nitrogen and oxygen atoms in total. The van der Waals surface area contributed by atoms with Gasteiger partial charge in [0, 0.05) is 12.8 Å². The van der Waals surface area contributed by atoms with Crippen LogP contribution in [0.3, 0.4) is 0 Å². The molecule has 0 aromatic rings. The third-order valence-corrected chi connectivity index (χ3v) is 2.57. The maximum absolute atomic E-state index is 9.57. The van der Waals surface area contributed by atoms with Crippen LogP contribution in [0.5, 0.6) is 0 Å². The number of aliphatic carboxylic acids is 1. The molecule has 3 heteroatoms. The molecule has 0 bridgehead atoms. The number of hydrogen-bond donors (Lipinski definition) is 2. The Hall–Kier alpha value is -0.990. The highest BCUT2D eigenvalue weighted by molar-refractivity contribution is 5.62. The summed E-state index contributed by atoms with van der Waals surface area (Å²) in [6, 6.07) is 0. The number of aliphatic hydroxyl groups excluding tert-OH is 1. The smallest absolute Gasteiger partial charge is 0.300 e. The summed E-state index contributed by atoms with van der Waals surface area (Å²) < 4.78 is 0. The minimum Gasteiger partial charge on any atom is -0.512 e. The Morgan fingerprint density at radius 2 is 1.93 bits per heavy atom. The van der Waals surface area contributed by atoms with Crippen LogP contribution in [0.1, 0.15) is 40.5 Å². The van der Waals surface area contributed by atoms with Crippen LogP contribution >= 0.6 is 0 Å². The quantitative estimate of drug-likeness (QED) is 0.704. The summed E-state index contributed by atoms with van der Waals surface area (Å²) in [7, 11) is 0. The molecular weight excluding hydrogens is 192 g/mol. The summed E-state index contributed by atoms with van der Waals surface area (Å²) in [6.45, 7) is 7.59. The number of carbonyl (C=O) groups is 1. The number of rotatable bonds is 1. The zero-order valence-corrected chi connectivity index (χ0v) is 10.0. The Labute approximate surface area is 91.8 Å². The van der Waals surface area contributed by atoms with E-state index in [-0.39, 0.29) is 0 Å². The summed E-state index contributed by atoms with van der Waals surface area (Å²) >= 11 is 0. The van der Waals surface area contributed by atoms with Gasteiger partial charge < -0.3 is 10.2 Å². The monoisotopic (exact) mass is 214 g/mol. The molecule has 0 heterocycles. The zero-order chi connectivity index (χ0) is 12.0. The van der Waals surface area contributed by atoms with Crippen LogP contribution in [0.2, 0.25) is 0 Å². The topological polar surface area (TPSA) is 57.5 Å². The predicted octanol–water partition coefficient (Wildman–Crippen LogP) is 3.22. The van der Waals surface area contributed by atoms with Gasteiger partial charge >= 0.3 is 0 Å². The fourth-order valence-electron chi connectivity index (χ4n) is 1.76. The summed E-state index contributed by atoms with van der Waals surface area (Å²) in [6.07, 6.45) is 4.39. The number of hydrogen-bond acceptors (Lipinski definition) is 2. The van der Waals surface area contributed by atoms with Crippen molar-refractivity contribution in [1.82, 2.24) is 0 Å². The molecule has 0 spiro atoms. The fourth-order valence-corrected chi connectivity index (χ4v) is 1.76. The van der Waals surface area contributed by atoms with E-state index in [1.54, 1.807) is 0 Å². The molecule has 0 saturated heterocycles. The van der Waals surface area contributed by atoms with Crippen molar-refractivity contribution < 1.29 is 15.0 Å². The second kappa shape index (κ2) is 6.49. The van der Waals surface area contributed by atoms with E-state index in [4.69, 9.17) is 9.90 Å². The number of carboxylic acid groups (broad SMARTS) is 1. The van der Waals surface area contributed by atoms with Gasteiger partial charge in [0.1, 0.15) is 0 Å². The van der Waals surface area contributed by atoms with Gasteiger partial charge in [0.05, 0.1) is 5.76 Å². The Kier molecular flexibility index (Phi) is 6.06. The summed E-state index contributed by atoms with van der Waals surface area (Å²) in [5.74, 6) is 1.37. The predicted molar refractivity (Wildman–Crippen MR) is 60.7 cm³/mol. The molecule has 1 aliphatic rings. The van der Waals surface area contributed by atoms with E-state index in [1.807, 2.05) is 6.08 Å². The molecule has 1 rings (SSSR count). The van der Waals surface area contributed by atoms with Crippen LogP contribution < -0.4 is 0 Å². The van der Waals surface area contributed by atoms with Gasteiger partial charge in [-0.1, -0.05) is 20.8 Å². The molecule has 0 fully saturated rings. The maximum Gasteiger partial charge on any atom is 0.300 e.